The minimum atomic E-state index is -3.52. The van der Waals surface area contributed by atoms with Crippen molar-refractivity contribution in [2.24, 2.45) is 0 Å². The van der Waals surface area contributed by atoms with E-state index in [4.69, 9.17) is 0 Å². The summed E-state index contributed by atoms with van der Waals surface area (Å²) in [6.07, 6.45) is 3.15. The van der Waals surface area contributed by atoms with Crippen molar-refractivity contribution < 1.29 is 13.2 Å². The third-order valence-electron chi connectivity index (χ3n) is 3.25. The normalized spacial score (nSPS) is 19.5. The van der Waals surface area contributed by atoms with Crippen LogP contribution in [0.5, 0.6) is 0 Å². The molecule has 0 bridgehead atoms. The first kappa shape index (κ1) is 11.3. The van der Waals surface area contributed by atoms with Crippen LogP contribution in [0.15, 0.2) is 35.2 Å². The van der Waals surface area contributed by atoms with E-state index in [9.17, 15) is 13.2 Å². The Morgan fingerprint density at radius 3 is 2.12 bits per heavy atom. The van der Waals surface area contributed by atoms with E-state index >= 15 is 0 Å². The molecule has 1 fully saturated rings. The van der Waals surface area contributed by atoms with Crippen LogP contribution in [0, 0.1) is 0 Å². The summed E-state index contributed by atoms with van der Waals surface area (Å²) in [6.45, 7) is 0. The topological polar surface area (TPSA) is 51.2 Å². The Labute approximate surface area is 95.4 Å². The van der Waals surface area contributed by atoms with Gasteiger partial charge in [0.05, 0.1) is 4.90 Å². The van der Waals surface area contributed by atoms with Crippen molar-refractivity contribution in [2.75, 3.05) is 0 Å². The second kappa shape index (κ2) is 4.01. The average molecular weight is 238 g/mol. The van der Waals surface area contributed by atoms with Gasteiger partial charge in [-0.15, -0.1) is 0 Å². The summed E-state index contributed by atoms with van der Waals surface area (Å²) in [4.78, 5) is 11.4. The predicted molar refractivity (Wildman–Crippen MR) is 60.9 cm³/mol. The Hall–Kier alpha value is -1.16. The summed E-state index contributed by atoms with van der Waals surface area (Å²) in [5.41, 5.74) is 0. The van der Waals surface area contributed by atoms with Gasteiger partial charge in [0.25, 0.3) is 0 Å². The van der Waals surface area contributed by atoms with Crippen molar-refractivity contribution in [3.05, 3.63) is 30.3 Å². The molecule has 0 N–H and O–H groups in total. The molecule has 0 saturated heterocycles. The lowest BCUT2D eigenvalue weighted by atomic mass is 10.1. The SMILES string of the molecule is O=CC1(S(=O)(=O)c2ccccc2)CCCC1. The first-order valence-electron chi connectivity index (χ1n) is 5.38. The second-order valence-electron chi connectivity index (χ2n) is 4.21. The lowest BCUT2D eigenvalue weighted by Crippen LogP contribution is -2.37. The molecule has 3 nitrogen and oxygen atoms in total. The van der Waals surface area contributed by atoms with Crippen LogP contribution in [0.2, 0.25) is 0 Å². The van der Waals surface area contributed by atoms with Crippen molar-refractivity contribution in [2.45, 2.75) is 35.3 Å². The molecule has 0 amide bonds. The quantitative estimate of drug-likeness (QED) is 0.756. The molecule has 86 valence electrons. The zero-order valence-electron chi connectivity index (χ0n) is 8.93. The number of hydrogen-bond acceptors (Lipinski definition) is 3. The molecular formula is C12H14O3S. The third-order valence-corrected chi connectivity index (χ3v) is 5.72. The van der Waals surface area contributed by atoms with Gasteiger partial charge in [-0.2, -0.15) is 0 Å². The molecule has 0 unspecified atom stereocenters. The Balaban J connectivity index is 2.50. The van der Waals surface area contributed by atoms with Crippen LogP contribution in [-0.2, 0) is 14.6 Å². The van der Waals surface area contributed by atoms with E-state index in [1.54, 1.807) is 30.3 Å². The average Bonchev–Trinajstić information content (AvgIpc) is 2.80. The van der Waals surface area contributed by atoms with E-state index < -0.39 is 14.6 Å². The van der Waals surface area contributed by atoms with E-state index in [0.29, 0.717) is 19.1 Å². The molecule has 0 aliphatic heterocycles. The van der Waals surface area contributed by atoms with Gasteiger partial charge in [0.2, 0.25) is 0 Å². The van der Waals surface area contributed by atoms with Crippen molar-refractivity contribution in [3.63, 3.8) is 0 Å². The Morgan fingerprint density at radius 1 is 1.06 bits per heavy atom. The smallest absolute Gasteiger partial charge is 0.190 e. The molecule has 0 atom stereocenters. The van der Waals surface area contributed by atoms with Gasteiger partial charge in [0.1, 0.15) is 11.0 Å². The number of carbonyl (C=O) groups is 1. The number of hydrogen-bond donors (Lipinski definition) is 0. The fourth-order valence-electron chi connectivity index (χ4n) is 2.26. The Bertz CT molecular complexity index is 470. The molecule has 16 heavy (non-hydrogen) atoms. The molecule has 0 heterocycles. The summed E-state index contributed by atoms with van der Waals surface area (Å²) in [5, 5.41) is 0. The van der Waals surface area contributed by atoms with Crippen molar-refractivity contribution in [3.8, 4) is 0 Å². The molecule has 2 rings (SSSR count). The van der Waals surface area contributed by atoms with Gasteiger partial charge in [-0.25, -0.2) is 8.42 Å². The summed E-state index contributed by atoms with van der Waals surface area (Å²) in [7, 11) is -3.52. The van der Waals surface area contributed by atoms with Crippen LogP contribution in [0.3, 0.4) is 0 Å². The van der Waals surface area contributed by atoms with Crippen LogP contribution in [0.4, 0.5) is 0 Å². The van der Waals surface area contributed by atoms with Crippen molar-refractivity contribution in [1.29, 1.82) is 0 Å². The van der Waals surface area contributed by atoms with Crippen LogP contribution in [-0.4, -0.2) is 19.5 Å². The van der Waals surface area contributed by atoms with Gasteiger partial charge in [0.15, 0.2) is 9.84 Å². The van der Waals surface area contributed by atoms with E-state index in [-0.39, 0.29) is 4.90 Å². The number of sulfone groups is 1. The first-order chi connectivity index (χ1) is 7.62. The van der Waals surface area contributed by atoms with E-state index in [1.165, 1.54) is 0 Å². The zero-order chi connectivity index (χ0) is 11.6. The number of aldehydes is 1. The van der Waals surface area contributed by atoms with Gasteiger partial charge >= 0.3 is 0 Å². The molecule has 1 aromatic carbocycles. The van der Waals surface area contributed by atoms with Gasteiger partial charge in [0, 0.05) is 0 Å². The van der Waals surface area contributed by atoms with Crippen molar-refractivity contribution >= 4 is 16.1 Å². The lowest BCUT2D eigenvalue weighted by Gasteiger charge is -2.21. The van der Waals surface area contributed by atoms with Gasteiger partial charge in [-0.3, -0.25) is 0 Å². The molecule has 1 aliphatic rings. The van der Waals surface area contributed by atoms with Crippen LogP contribution in [0.1, 0.15) is 25.7 Å². The van der Waals surface area contributed by atoms with Gasteiger partial charge < -0.3 is 4.79 Å². The molecule has 0 aromatic heterocycles. The molecule has 4 heteroatoms. The standard InChI is InChI=1S/C12H14O3S/c13-10-12(8-4-5-9-12)16(14,15)11-6-2-1-3-7-11/h1-3,6-7,10H,4-5,8-9H2. The first-order valence-corrected chi connectivity index (χ1v) is 6.87. The Kier molecular flexibility index (Phi) is 2.84. The monoisotopic (exact) mass is 238 g/mol. The molecule has 0 radical (unpaired) electrons. The third kappa shape index (κ3) is 1.57. The minimum Gasteiger partial charge on any atom is -0.302 e. The summed E-state index contributed by atoms with van der Waals surface area (Å²) < 4.78 is 23.5. The van der Waals surface area contributed by atoms with Gasteiger partial charge in [-0.1, -0.05) is 31.0 Å². The predicted octanol–water partition coefficient (Wildman–Crippen LogP) is 1.97. The fourth-order valence-corrected chi connectivity index (χ4v) is 4.20. The van der Waals surface area contributed by atoms with Crippen molar-refractivity contribution in [1.82, 2.24) is 0 Å². The highest BCUT2D eigenvalue weighted by atomic mass is 32.2. The number of rotatable bonds is 3. The maximum atomic E-state index is 12.4. The highest BCUT2D eigenvalue weighted by Gasteiger charge is 2.46. The molecule has 1 aliphatic carbocycles. The maximum Gasteiger partial charge on any atom is 0.190 e. The van der Waals surface area contributed by atoms with Crippen LogP contribution >= 0.6 is 0 Å². The van der Waals surface area contributed by atoms with Crippen LogP contribution < -0.4 is 0 Å². The highest BCUT2D eigenvalue weighted by molar-refractivity contribution is 7.93. The summed E-state index contributed by atoms with van der Waals surface area (Å²) in [5.74, 6) is 0. The lowest BCUT2D eigenvalue weighted by molar-refractivity contribution is -0.109. The molecule has 0 spiro atoms. The summed E-state index contributed by atoms with van der Waals surface area (Å²) >= 11 is 0. The fraction of sp³-hybridized carbons (Fsp3) is 0.417. The highest BCUT2D eigenvalue weighted by Crippen LogP contribution is 2.38. The van der Waals surface area contributed by atoms with E-state index in [1.807, 2.05) is 0 Å². The zero-order valence-corrected chi connectivity index (χ0v) is 9.74. The van der Waals surface area contributed by atoms with Gasteiger partial charge in [-0.05, 0) is 25.0 Å². The van der Waals surface area contributed by atoms with E-state index in [0.717, 1.165) is 12.8 Å². The largest absolute Gasteiger partial charge is 0.302 e. The second-order valence-corrected chi connectivity index (χ2v) is 6.50. The number of benzene rings is 1. The molecule has 1 saturated carbocycles. The molecule has 1 aromatic rings. The molecular weight excluding hydrogens is 224 g/mol. The maximum absolute atomic E-state index is 12.4. The Morgan fingerprint density at radius 2 is 1.62 bits per heavy atom. The minimum absolute atomic E-state index is 0.254. The summed E-state index contributed by atoms with van der Waals surface area (Å²) in [6, 6.07) is 8.24. The van der Waals surface area contributed by atoms with Crippen LogP contribution in [0.25, 0.3) is 0 Å². The number of carbonyl (C=O) groups excluding carboxylic acids is 1. The van der Waals surface area contributed by atoms with E-state index in [2.05, 4.69) is 0 Å².